The number of allylic oxidation sites excluding steroid dienone is 3. The smallest absolute Gasteiger partial charge is 0.330 e. The molecule has 0 aliphatic carbocycles. The summed E-state index contributed by atoms with van der Waals surface area (Å²) in [5.41, 5.74) is 5.83. The van der Waals surface area contributed by atoms with Crippen LogP contribution in [-0.4, -0.2) is 18.1 Å². The Bertz CT molecular complexity index is 318. The molecule has 82 valence electrons. The molecule has 1 atom stereocenters. The molecule has 0 aromatic heterocycles. The maximum atomic E-state index is 11.7. The minimum Gasteiger partial charge on any atom is -0.464 e. The largest absolute Gasteiger partial charge is 0.464 e. The summed E-state index contributed by atoms with van der Waals surface area (Å²) in [5.74, 6) is -0.347. The molecular formula is C12H17NO2. The van der Waals surface area contributed by atoms with Crippen LogP contribution >= 0.6 is 0 Å². The zero-order valence-corrected chi connectivity index (χ0v) is 9.03. The summed E-state index contributed by atoms with van der Waals surface area (Å²) in [7, 11) is 0. The number of esters is 1. The summed E-state index contributed by atoms with van der Waals surface area (Å²) in [5, 5.41) is 0. The van der Waals surface area contributed by atoms with E-state index >= 15 is 0 Å². The topological polar surface area (TPSA) is 52.3 Å². The van der Waals surface area contributed by atoms with Gasteiger partial charge in [-0.2, -0.15) is 0 Å². The van der Waals surface area contributed by atoms with Gasteiger partial charge in [-0.3, -0.25) is 0 Å². The summed E-state index contributed by atoms with van der Waals surface area (Å²) in [6.45, 7) is 5.97. The van der Waals surface area contributed by atoms with E-state index in [0.29, 0.717) is 13.0 Å². The Morgan fingerprint density at radius 1 is 1.67 bits per heavy atom. The third-order valence-electron chi connectivity index (χ3n) is 2.47. The van der Waals surface area contributed by atoms with Gasteiger partial charge in [0.05, 0.1) is 6.61 Å². The highest BCUT2D eigenvalue weighted by Gasteiger charge is 2.40. The lowest BCUT2D eigenvalue weighted by molar-refractivity contribution is -0.152. The second-order valence-electron chi connectivity index (χ2n) is 3.57. The van der Waals surface area contributed by atoms with Crippen LogP contribution in [0.4, 0.5) is 0 Å². The highest BCUT2D eigenvalue weighted by atomic mass is 16.5. The molecule has 2 N–H and O–H groups in total. The average molecular weight is 207 g/mol. The van der Waals surface area contributed by atoms with Crippen molar-refractivity contribution in [1.29, 1.82) is 0 Å². The van der Waals surface area contributed by atoms with Crippen molar-refractivity contribution < 1.29 is 9.53 Å². The maximum Gasteiger partial charge on any atom is 0.330 e. The van der Waals surface area contributed by atoms with Gasteiger partial charge in [-0.05, 0) is 25.3 Å². The van der Waals surface area contributed by atoms with Gasteiger partial charge in [-0.15, -0.1) is 0 Å². The second kappa shape index (κ2) is 4.94. The van der Waals surface area contributed by atoms with Crippen LogP contribution in [0.15, 0.2) is 36.5 Å². The summed E-state index contributed by atoms with van der Waals surface area (Å²) in [6, 6.07) is 0. The van der Waals surface area contributed by atoms with E-state index in [1.54, 1.807) is 12.2 Å². The molecule has 1 aliphatic rings. The molecule has 0 radical (unpaired) electrons. The van der Waals surface area contributed by atoms with Crippen LogP contribution in [0, 0.1) is 0 Å². The molecule has 3 nitrogen and oxygen atoms in total. The van der Waals surface area contributed by atoms with Crippen molar-refractivity contribution in [3.05, 3.63) is 36.5 Å². The molecule has 3 heteroatoms. The first kappa shape index (κ1) is 11.7. The number of cyclic esters (lactones) is 1. The fourth-order valence-corrected chi connectivity index (χ4v) is 1.67. The van der Waals surface area contributed by atoms with Gasteiger partial charge in [-0.25, -0.2) is 4.79 Å². The molecule has 1 aliphatic heterocycles. The van der Waals surface area contributed by atoms with Gasteiger partial charge >= 0.3 is 5.97 Å². The molecular weight excluding hydrogens is 190 g/mol. The van der Waals surface area contributed by atoms with Gasteiger partial charge < -0.3 is 10.5 Å². The van der Waals surface area contributed by atoms with E-state index in [1.807, 2.05) is 19.1 Å². The SMILES string of the molecule is C=C/C=C(\C=C/C)C1(N)CCCOC1=O. The lowest BCUT2D eigenvalue weighted by atomic mass is 9.84. The van der Waals surface area contributed by atoms with E-state index in [9.17, 15) is 4.79 Å². The normalized spacial score (nSPS) is 27.9. The van der Waals surface area contributed by atoms with Gasteiger partial charge in [0.1, 0.15) is 5.54 Å². The zero-order valence-electron chi connectivity index (χ0n) is 9.03. The summed E-state index contributed by atoms with van der Waals surface area (Å²) >= 11 is 0. The summed E-state index contributed by atoms with van der Waals surface area (Å²) in [4.78, 5) is 11.7. The first-order chi connectivity index (χ1) is 7.15. The Morgan fingerprint density at radius 2 is 2.40 bits per heavy atom. The van der Waals surface area contributed by atoms with Crippen LogP contribution in [-0.2, 0) is 9.53 Å². The Hall–Kier alpha value is -1.35. The molecule has 1 fully saturated rings. The Morgan fingerprint density at radius 3 is 2.93 bits per heavy atom. The first-order valence-electron chi connectivity index (χ1n) is 5.07. The molecule has 0 aromatic rings. The molecule has 0 spiro atoms. The predicted octanol–water partition coefficient (Wildman–Crippen LogP) is 1.71. The number of rotatable bonds is 3. The fourth-order valence-electron chi connectivity index (χ4n) is 1.67. The number of carbonyl (C=O) groups is 1. The number of ether oxygens (including phenoxy) is 1. The predicted molar refractivity (Wildman–Crippen MR) is 60.2 cm³/mol. The maximum absolute atomic E-state index is 11.7. The molecule has 1 saturated heterocycles. The molecule has 0 bridgehead atoms. The molecule has 1 heterocycles. The quantitative estimate of drug-likeness (QED) is 0.566. The first-order valence-corrected chi connectivity index (χ1v) is 5.07. The van der Waals surface area contributed by atoms with E-state index in [2.05, 4.69) is 6.58 Å². The molecule has 15 heavy (non-hydrogen) atoms. The second-order valence-corrected chi connectivity index (χ2v) is 3.57. The Kier molecular flexibility index (Phi) is 3.86. The van der Waals surface area contributed by atoms with Crippen molar-refractivity contribution in [3.8, 4) is 0 Å². The third-order valence-corrected chi connectivity index (χ3v) is 2.47. The van der Waals surface area contributed by atoms with Gasteiger partial charge in [0.15, 0.2) is 0 Å². The number of hydrogen-bond acceptors (Lipinski definition) is 3. The van der Waals surface area contributed by atoms with E-state index in [1.165, 1.54) is 0 Å². The van der Waals surface area contributed by atoms with Crippen molar-refractivity contribution in [2.75, 3.05) is 6.61 Å². The van der Waals surface area contributed by atoms with E-state index in [-0.39, 0.29) is 5.97 Å². The lowest BCUT2D eigenvalue weighted by Crippen LogP contribution is -2.53. The summed E-state index contributed by atoms with van der Waals surface area (Å²) < 4.78 is 4.99. The average Bonchev–Trinajstić information content (AvgIpc) is 2.22. The highest BCUT2D eigenvalue weighted by Crippen LogP contribution is 2.26. The van der Waals surface area contributed by atoms with Gasteiger partial charge in [-0.1, -0.05) is 30.9 Å². The van der Waals surface area contributed by atoms with Crippen LogP contribution in [0.25, 0.3) is 0 Å². The van der Waals surface area contributed by atoms with Gasteiger partial charge in [0, 0.05) is 0 Å². The molecule has 0 amide bonds. The van der Waals surface area contributed by atoms with E-state index in [4.69, 9.17) is 10.5 Å². The van der Waals surface area contributed by atoms with Crippen LogP contribution in [0.3, 0.4) is 0 Å². The molecule has 1 unspecified atom stereocenters. The summed E-state index contributed by atoms with van der Waals surface area (Å²) in [6.07, 6.45) is 8.49. The van der Waals surface area contributed by atoms with Gasteiger partial charge in [0.2, 0.25) is 0 Å². The zero-order chi connectivity index (χ0) is 11.3. The monoisotopic (exact) mass is 207 g/mol. The van der Waals surface area contributed by atoms with Crippen molar-refractivity contribution in [2.45, 2.75) is 25.3 Å². The standard InChI is InChI=1S/C12H17NO2/c1-3-6-10(7-4-2)12(13)8-5-9-15-11(12)14/h3-4,6-7H,1,5,8-9,13H2,2H3/b7-4-,10-6+. The minimum absolute atomic E-state index is 0.347. The van der Waals surface area contributed by atoms with Gasteiger partial charge in [0.25, 0.3) is 0 Å². The Balaban J connectivity index is 3.03. The third kappa shape index (κ3) is 2.36. The minimum atomic E-state index is -1.00. The Labute approximate surface area is 90.3 Å². The van der Waals surface area contributed by atoms with Crippen molar-refractivity contribution in [3.63, 3.8) is 0 Å². The number of nitrogens with two attached hydrogens (primary N) is 1. The van der Waals surface area contributed by atoms with Crippen LogP contribution in [0.5, 0.6) is 0 Å². The number of carbonyl (C=O) groups excluding carboxylic acids is 1. The lowest BCUT2D eigenvalue weighted by Gasteiger charge is -2.32. The highest BCUT2D eigenvalue weighted by molar-refractivity contribution is 5.86. The van der Waals surface area contributed by atoms with E-state index < -0.39 is 5.54 Å². The van der Waals surface area contributed by atoms with Crippen molar-refractivity contribution in [1.82, 2.24) is 0 Å². The molecule has 0 saturated carbocycles. The van der Waals surface area contributed by atoms with Crippen molar-refractivity contribution >= 4 is 5.97 Å². The van der Waals surface area contributed by atoms with E-state index in [0.717, 1.165) is 12.0 Å². The fraction of sp³-hybridized carbons (Fsp3) is 0.417. The van der Waals surface area contributed by atoms with Crippen LogP contribution in [0.1, 0.15) is 19.8 Å². The van der Waals surface area contributed by atoms with Crippen molar-refractivity contribution in [2.24, 2.45) is 5.73 Å². The molecule has 0 aromatic carbocycles. The van der Waals surface area contributed by atoms with Crippen LogP contribution < -0.4 is 5.73 Å². The molecule has 1 rings (SSSR count). The van der Waals surface area contributed by atoms with Crippen LogP contribution in [0.2, 0.25) is 0 Å². The number of hydrogen-bond donors (Lipinski definition) is 1.